The van der Waals surface area contributed by atoms with Gasteiger partial charge in [-0.3, -0.25) is 9.59 Å². The van der Waals surface area contributed by atoms with Crippen LogP contribution in [0.4, 0.5) is 0 Å². The number of hydrogen-bond acceptors (Lipinski definition) is 8. The lowest BCUT2D eigenvalue weighted by Gasteiger charge is -2.35. The molecule has 1 saturated heterocycles. The highest BCUT2D eigenvalue weighted by molar-refractivity contribution is 8.03. The zero-order valence-corrected chi connectivity index (χ0v) is 17.1. The summed E-state index contributed by atoms with van der Waals surface area (Å²) in [6.45, 7) is 7.93. The van der Waals surface area contributed by atoms with E-state index in [9.17, 15) is 9.59 Å². The maximum Gasteiger partial charge on any atom is 0.233 e. The molecule has 140 valence electrons. The van der Waals surface area contributed by atoms with Crippen molar-refractivity contribution in [3.63, 3.8) is 0 Å². The molecular formula is C15H24N4O3S3. The molecule has 0 aromatic carbocycles. The quantitative estimate of drug-likeness (QED) is 0.662. The normalized spacial score (nSPS) is 20.5. The van der Waals surface area contributed by atoms with E-state index in [4.69, 9.17) is 4.74 Å². The molecule has 2 amide bonds. The fraction of sp³-hybridized carbons (Fsp3) is 0.733. The molecule has 1 aromatic heterocycles. The number of morpholine rings is 1. The summed E-state index contributed by atoms with van der Waals surface area (Å²) in [5.74, 6) is 0.773. The van der Waals surface area contributed by atoms with Gasteiger partial charge < -0.3 is 15.0 Å². The summed E-state index contributed by atoms with van der Waals surface area (Å²) in [5.41, 5.74) is 0. The third kappa shape index (κ3) is 7.12. The predicted octanol–water partition coefficient (Wildman–Crippen LogP) is 1.88. The fourth-order valence-corrected chi connectivity index (χ4v) is 5.11. The molecule has 2 rings (SSSR count). The second-order valence-corrected chi connectivity index (χ2v) is 9.24. The van der Waals surface area contributed by atoms with Crippen molar-refractivity contribution in [2.75, 3.05) is 31.1 Å². The summed E-state index contributed by atoms with van der Waals surface area (Å²) in [6.07, 6.45) is 1.06. The third-order valence-corrected chi connectivity index (χ3v) is 6.55. The molecule has 1 aliphatic rings. The Kier molecular flexibility index (Phi) is 8.47. The lowest BCUT2D eigenvalue weighted by atomic mass is 10.2. The molecule has 1 aromatic rings. The number of nitrogens with one attached hydrogen (secondary N) is 1. The molecule has 25 heavy (non-hydrogen) atoms. The summed E-state index contributed by atoms with van der Waals surface area (Å²) in [5, 5.41) is 11.0. The number of rotatable bonds is 8. The molecule has 0 unspecified atom stereocenters. The van der Waals surface area contributed by atoms with E-state index >= 15 is 0 Å². The van der Waals surface area contributed by atoms with Crippen LogP contribution in [0.1, 0.15) is 27.2 Å². The number of nitrogens with zero attached hydrogens (tertiary/aromatic N) is 3. The molecular weight excluding hydrogens is 380 g/mol. The topological polar surface area (TPSA) is 84.4 Å². The highest BCUT2D eigenvalue weighted by Crippen LogP contribution is 2.29. The first-order valence-electron chi connectivity index (χ1n) is 8.27. The standard InChI is InChI=1S/C15H24N4O3S3/c1-4-5-16-12(20)8-23-14-17-18-15(25-14)24-9-13(21)19-6-10(2)22-11(3)7-19/h10-11H,4-9H2,1-3H3,(H,16,20)/t10-,11+. The van der Waals surface area contributed by atoms with E-state index in [1.54, 1.807) is 0 Å². The van der Waals surface area contributed by atoms with Crippen LogP contribution in [-0.2, 0) is 14.3 Å². The van der Waals surface area contributed by atoms with Crippen molar-refractivity contribution in [2.24, 2.45) is 0 Å². The van der Waals surface area contributed by atoms with Gasteiger partial charge in [0.15, 0.2) is 8.68 Å². The van der Waals surface area contributed by atoms with E-state index in [2.05, 4.69) is 15.5 Å². The van der Waals surface area contributed by atoms with Crippen LogP contribution in [0.25, 0.3) is 0 Å². The van der Waals surface area contributed by atoms with Gasteiger partial charge >= 0.3 is 0 Å². The maximum atomic E-state index is 12.3. The molecule has 7 nitrogen and oxygen atoms in total. The number of carbonyl (C=O) groups excluding carboxylic acids is 2. The molecule has 1 fully saturated rings. The number of amides is 2. The Bertz CT molecular complexity index is 574. The van der Waals surface area contributed by atoms with Gasteiger partial charge in [-0.05, 0) is 20.3 Å². The Morgan fingerprint density at radius 1 is 1.20 bits per heavy atom. The van der Waals surface area contributed by atoms with E-state index in [1.165, 1.54) is 34.9 Å². The van der Waals surface area contributed by atoms with Crippen molar-refractivity contribution in [1.29, 1.82) is 0 Å². The number of aromatic nitrogens is 2. The van der Waals surface area contributed by atoms with Crippen LogP contribution in [0.2, 0.25) is 0 Å². The van der Waals surface area contributed by atoms with Crippen LogP contribution in [-0.4, -0.2) is 70.3 Å². The van der Waals surface area contributed by atoms with E-state index < -0.39 is 0 Å². The van der Waals surface area contributed by atoms with Gasteiger partial charge in [0, 0.05) is 19.6 Å². The minimum atomic E-state index is 0.00184. The lowest BCUT2D eigenvalue weighted by Crippen LogP contribution is -2.48. The Labute approximate surface area is 160 Å². The van der Waals surface area contributed by atoms with Gasteiger partial charge in [-0.25, -0.2) is 0 Å². The average molecular weight is 405 g/mol. The van der Waals surface area contributed by atoms with Crippen LogP contribution in [0, 0.1) is 0 Å². The predicted molar refractivity (Wildman–Crippen MR) is 101 cm³/mol. The number of thioether (sulfide) groups is 2. The van der Waals surface area contributed by atoms with Crippen LogP contribution >= 0.6 is 34.9 Å². The molecule has 0 radical (unpaired) electrons. The first-order valence-corrected chi connectivity index (χ1v) is 11.1. The summed E-state index contributed by atoms with van der Waals surface area (Å²) in [7, 11) is 0. The summed E-state index contributed by atoms with van der Waals surface area (Å²) < 4.78 is 7.14. The molecule has 2 heterocycles. The Morgan fingerprint density at radius 3 is 2.40 bits per heavy atom. The first-order chi connectivity index (χ1) is 12.0. The molecule has 2 atom stereocenters. The monoisotopic (exact) mass is 404 g/mol. The van der Waals surface area contributed by atoms with Crippen LogP contribution < -0.4 is 5.32 Å². The fourth-order valence-electron chi connectivity index (χ4n) is 2.35. The number of carbonyl (C=O) groups is 2. The SMILES string of the molecule is CCCNC(=O)CSc1nnc(SCC(=O)N2C[C@@H](C)O[C@@H](C)C2)s1. The largest absolute Gasteiger partial charge is 0.372 e. The number of ether oxygens (including phenoxy) is 1. The van der Waals surface area contributed by atoms with E-state index in [-0.39, 0.29) is 24.0 Å². The Hall–Kier alpha value is -0.840. The summed E-state index contributed by atoms with van der Waals surface area (Å²) in [4.78, 5) is 25.8. The maximum absolute atomic E-state index is 12.3. The van der Waals surface area contributed by atoms with Crippen LogP contribution in [0.3, 0.4) is 0 Å². The van der Waals surface area contributed by atoms with E-state index in [1.807, 2.05) is 25.7 Å². The van der Waals surface area contributed by atoms with Crippen molar-refractivity contribution in [3.05, 3.63) is 0 Å². The molecule has 10 heteroatoms. The van der Waals surface area contributed by atoms with Crippen molar-refractivity contribution in [3.8, 4) is 0 Å². The zero-order chi connectivity index (χ0) is 18.2. The molecule has 0 saturated carbocycles. The second-order valence-electron chi connectivity index (χ2n) is 5.82. The van der Waals surface area contributed by atoms with Gasteiger partial charge in [-0.2, -0.15) is 0 Å². The Balaban J connectivity index is 1.73. The molecule has 0 aliphatic carbocycles. The zero-order valence-electron chi connectivity index (χ0n) is 14.7. The minimum absolute atomic E-state index is 0.00184. The Morgan fingerprint density at radius 2 is 1.80 bits per heavy atom. The summed E-state index contributed by atoms with van der Waals surface area (Å²) >= 11 is 4.18. The van der Waals surface area contributed by atoms with Gasteiger partial charge in [-0.1, -0.05) is 41.8 Å². The highest BCUT2D eigenvalue weighted by atomic mass is 32.2. The number of hydrogen-bond donors (Lipinski definition) is 1. The highest BCUT2D eigenvalue weighted by Gasteiger charge is 2.25. The van der Waals surface area contributed by atoms with Crippen molar-refractivity contribution >= 4 is 46.7 Å². The van der Waals surface area contributed by atoms with E-state index in [0.29, 0.717) is 31.1 Å². The lowest BCUT2D eigenvalue weighted by molar-refractivity contribution is -0.140. The average Bonchev–Trinajstić information content (AvgIpc) is 3.03. The molecule has 0 bridgehead atoms. The third-order valence-electron chi connectivity index (χ3n) is 3.38. The minimum Gasteiger partial charge on any atom is -0.372 e. The van der Waals surface area contributed by atoms with Crippen molar-refractivity contribution in [1.82, 2.24) is 20.4 Å². The van der Waals surface area contributed by atoms with Gasteiger partial charge in [0.2, 0.25) is 11.8 Å². The molecule has 1 N–H and O–H groups in total. The van der Waals surface area contributed by atoms with Crippen LogP contribution in [0.5, 0.6) is 0 Å². The van der Waals surface area contributed by atoms with Gasteiger partial charge in [0.25, 0.3) is 0 Å². The van der Waals surface area contributed by atoms with Crippen LogP contribution in [0.15, 0.2) is 8.68 Å². The van der Waals surface area contributed by atoms with Gasteiger partial charge in [0.1, 0.15) is 0 Å². The first kappa shape index (κ1) is 20.5. The molecule has 0 spiro atoms. The molecule has 1 aliphatic heterocycles. The van der Waals surface area contributed by atoms with Crippen molar-refractivity contribution in [2.45, 2.75) is 48.1 Å². The van der Waals surface area contributed by atoms with Gasteiger partial charge in [-0.15, -0.1) is 10.2 Å². The second kappa shape index (κ2) is 10.3. The van der Waals surface area contributed by atoms with E-state index in [0.717, 1.165) is 15.1 Å². The summed E-state index contributed by atoms with van der Waals surface area (Å²) in [6, 6.07) is 0. The smallest absolute Gasteiger partial charge is 0.233 e. The van der Waals surface area contributed by atoms with Gasteiger partial charge in [0.05, 0.1) is 23.7 Å². The van der Waals surface area contributed by atoms with Crippen molar-refractivity contribution < 1.29 is 14.3 Å².